The quantitative estimate of drug-likeness (QED) is 0.0363. The molecule has 0 unspecified atom stereocenters. The second-order valence-electron chi connectivity index (χ2n) is 19.8. The van der Waals surface area contributed by atoms with Crippen molar-refractivity contribution in [3.05, 3.63) is 86.5 Å². The van der Waals surface area contributed by atoms with Gasteiger partial charge in [-0.1, -0.05) is 245 Å². The van der Waals surface area contributed by atoms with E-state index in [1.807, 2.05) is 0 Å². The topological polar surface area (TPSA) is 25.3 Å². The Kier molecular flexibility index (Phi) is 31.4. The van der Waals surface area contributed by atoms with Gasteiger partial charge in [0, 0.05) is 23.1 Å². The van der Waals surface area contributed by atoms with Crippen LogP contribution in [0.1, 0.15) is 293 Å². The first-order valence-electron chi connectivity index (χ1n) is 28.2. The molecule has 0 aromatic heterocycles. The van der Waals surface area contributed by atoms with Crippen molar-refractivity contribution in [2.45, 2.75) is 286 Å². The number of aryl methyl sites for hydroxylation is 4. The van der Waals surface area contributed by atoms with E-state index < -0.39 is 0 Å². The lowest BCUT2D eigenvalue weighted by atomic mass is 9.92. The van der Waals surface area contributed by atoms with Gasteiger partial charge in [0.2, 0.25) is 11.4 Å². The second kappa shape index (κ2) is 36.2. The van der Waals surface area contributed by atoms with E-state index in [1.54, 1.807) is 4.70 Å². The number of hydrogen-bond donors (Lipinski definition) is 0. The van der Waals surface area contributed by atoms with E-state index in [0.717, 1.165) is 85.9 Å². The van der Waals surface area contributed by atoms with Crippen molar-refractivity contribution in [2.24, 2.45) is 0 Å². The summed E-state index contributed by atoms with van der Waals surface area (Å²) in [5.41, 5.74) is 24.2. The van der Waals surface area contributed by atoms with Crippen LogP contribution in [0.2, 0.25) is 0 Å². The largest absolute Gasteiger partial charge is 0.493 e. The molecule has 0 amide bonds. The van der Waals surface area contributed by atoms with Crippen LogP contribution in [0, 0.1) is 11.8 Å². The molecule has 64 heavy (non-hydrogen) atoms. The average Bonchev–Trinajstić information content (AvgIpc) is 3.59. The zero-order chi connectivity index (χ0) is 45.9. The van der Waals surface area contributed by atoms with Gasteiger partial charge in [0.15, 0.2) is 0 Å². The summed E-state index contributed by atoms with van der Waals surface area (Å²) in [6.07, 6.45) is 49.8. The van der Waals surface area contributed by atoms with Crippen LogP contribution in [0.5, 0.6) is 0 Å². The summed E-state index contributed by atoms with van der Waals surface area (Å²) in [4.78, 5) is 0. The Labute approximate surface area is 398 Å². The number of hydrogen-bond acceptors (Lipinski definition) is 0. The van der Waals surface area contributed by atoms with E-state index in [9.17, 15) is 5.53 Å². The van der Waals surface area contributed by atoms with Crippen molar-refractivity contribution in [1.29, 1.82) is 0 Å². The number of nitrogens with zero attached hydrogens (tertiary/aromatic N) is 2. The molecule has 358 valence electrons. The molecule has 0 saturated heterocycles. The fourth-order valence-corrected chi connectivity index (χ4v) is 9.84. The fourth-order valence-electron chi connectivity index (χ4n) is 9.84. The third-order valence-electron chi connectivity index (χ3n) is 14.0. The molecular formula is C62H100N2. The number of allylic oxidation sites excluding steroid dienone is 2. The van der Waals surface area contributed by atoms with E-state index in [0.29, 0.717) is 0 Å². The van der Waals surface area contributed by atoms with Gasteiger partial charge in [0.05, 0.1) is 0 Å². The molecule has 0 aliphatic carbocycles. The minimum atomic E-state index is 0.892. The van der Waals surface area contributed by atoms with Gasteiger partial charge in [-0.15, -0.1) is 0 Å². The van der Waals surface area contributed by atoms with Crippen LogP contribution >= 0.6 is 0 Å². The van der Waals surface area contributed by atoms with Crippen LogP contribution in [0.3, 0.4) is 0 Å². The maximum Gasteiger partial charge on any atom is 0.223 e. The first kappa shape index (κ1) is 55.4. The van der Waals surface area contributed by atoms with Crippen molar-refractivity contribution in [1.82, 2.24) is 0 Å². The van der Waals surface area contributed by atoms with Gasteiger partial charge in [0.25, 0.3) is 0 Å². The molecule has 0 spiro atoms. The standard InChI is InChI=1S/C62H100N2/c1-7-13-17-18-19-20-21-22-23-24-25-26-27-28-29-30-31-32-33-34-35-36-37-38-39-40-41-42-46-60-59(45-16-10-4)61(57-49-53(11-5)47-55(51-57)43-14-8-2)64(63)62(60)58-50-54(12-6)48-56(52-58)44-15-9-3/h47-52H,7-41,43-45H2,1-6H3. The summed E-state index contributed by atoms with van der Waals surface area (Å²) in [7, 11) is 0. The molecular weight excluding hydrogens is 773 g/mol. The fraction of sp³-hybridized carbons (Fsp3) is 0.710. The summed E-state index contributed by atoms with van der Waals surface area (Å²) in [5.74, 6) is 7.39. The SMILES string of the molecule is CCCCCCCCCCCCCCCCCCCCCCCCCCCCC#CC1=C(c2cc(CC)cc(CCCC)c2)[N+](=[N-])C(c2cc(CC)cc(CCCC)c2)=C1CCCC. The molecule has 1 aliphatic heterocycles. The Morgan fingerprint density at radius 3 is 1.06 bits per heavy atom. The van der Waals surface area contributed by atoms with Crippen molar-refractivity contribution in [3.8, 4) is 11.8 Å². The summed E-state index contributed by atoms with van der Waals surface area (Å²) in [6, 6.07) is 14.1. The molecule has 3 rings (SSSR count). The van der Waals surface area contributed by atoms with E-state index in [-0.39, 0.29) is 0 Å². The first-order chi connectivity index (χ1) is 31.5. The maximum absolute atomic E-state index is 12.4. The predicted molar refractivity (Wildman–Crippen MR) is 284 cm³/mol. The highest BCUT2D eigenvalue weighted by molar-refractivity contribution is 5.86. The molecule has 2 nitrogen and oxygen atoms in total. The van der Waals surface area contributed by atoms with E-state index >= 15 is 0 Å². The van der Waals surface area contributed by atoms with E-state index in [1.165, 1.54) is 214 Å². The van der Waals surface area contributed by atoms with Crippen LogP contribution < -0.4 is 0 Å². The lowest BCUT2D eigenvalue weighted by molar-refractivity contribution is -0.345. The third kappa shape index (κ3) is 22.0. The lowest BCUT2D eigenvalue weighted by Gasteiger charge is -2.14. The highest BCUT2D eigenvalue weighted by Crippen LogP contribution is 2.43. The Bertz CT molecular complexity index is 1680. The Morgan fingerprint density at radius 2 is 0.688 bits per heavy atom. The van der Waals surface area contributed by atoms with Crippen LogP contribution in [0.4, 0.5) is 0 Å². The first-order valence-corrected chi connectivity index (χ1v) is 28.2. The predicted octanol–water partition coefficient (Wildman–Crippen LogP) is 20.4. The normalized spacial score (nSPS) is 12.8. The molecule has 1 heterocycles. The highest BCUT2D eigenvalue weighted by atomic mass is 15.2. The molecule has 0 radical (unpaired) electrons. The van der Waals surface area contributed by atoms with Crippen molar-refractivity contribution in [2.75, 3.05) is 0 Å². The maximum atomic E-state index is 12.4. The molecule has 0 saturated carbocycles. The molecule has 2 aromatic rings. The van der Waals surface area contributed by atoms with Gasteiger partial charge in [-0.3, -0.25) is 0 Å². The summed E-state index contributed by atoms with van der Waals surface area (Å²) in [6.45, 7) is 13.6. The van der Waals surface area contributed by atoms with Crippen molar-refractivity contribution >= 4 is 11.4 Å². The Balaban J connectivity index is 1.45. The second-order valence-corrected chi connectivity index (χ2v) is 19.8. The van der Waals surface area contributed by atoms with E-state index in [4.69, 9.17) is 0 Å². The summed E-state index contributed by atoms with van der Waals surface area (Å²) in [5, 5.41) is 0. The Hall–Kier alpha value is -2.92. The monoisotopic (exact) mass is 873 g/mol. The molecule has 0 bridgehead atoms. The van der Waals surface area contributed by atoms with E-state index in [2.05, 4.69) is 89.8 Å². The minimum absolute atomic E-state index is 0.892. The number of rotatable bonds is 39. The van der Waals surface area contributed by atoms with Gasteiger partial charge < -0.3 is 5.53 Å². The lowest BCUT2D eigenvalue weighted by Crippen LogP contribution is -2.05. The van der Waals surface area contributed by atoms with Crippen LogP contribution in [0.25, 0.3) is 16.9 Å². The van der Waals surface area contributed by atoms with Crippen molar-refractivity contribution in [3.63, 3.8) is 0 Å². The molecule has 2 aromatic carbocycles. The van der Waals surface area contributed by atoms with Gasteiger partial charge in [-0.2, -0.15) is 0 Å². The van der Waals surface area contributed by atoms with Crippen LogP contribution in [-0.4, -0.2) is 4.70 Å². The average molecular weight is 873 g/mol. The molecule has 0 atom stereocenters. The Morgan fingerprint density at radius 1 is 0.359 bits per heavy atom. The molecule has 0 fully saturated rings. The number of unbranched alkanes of at least 4 members (excludes halogenated alkanes) is 29. The van der Waals surface area contributed by atoms with Gasteiger partial charge >= 0.3 is 0 Å². The summed E-state index contributed by atoms with van der Waals surface area (Å²) >= 11 is 0. The van der Waals surface area contributed by atoms with Crippen LogP contribution in [0.15, 0.2) is 47.5 Å². The van der Waals surface area contributed by atoms with Gasteiger partial charge in [-0.05, 0) is 104 Å². The zero-order valence-electron chi connectivity index (χ0n) is 43.2. The zero-order valence-corrected chi connectivity index (χ0v) is 43.2. The smallest absolute Gasteiger partial charge is 0.223 e. The number of benzene rings is 2. The van der Waals surface area contributed by atoms with Crippen molar-refractivity contribution < 1.29 is 4.70 Å². The third-order valence-corrected chi connectivity index (χ3v) is 14.0. The summed E-state index contributed by atoms with van der Waals surface area (Å²) < 4.78 is 1.55. The van der Waals surface area contributed by atoms with Crippen LogP contribution in [-0.2, 0) is 25.7 Å². The van der Waals surface area contributed by atoms with Gasteiger partial charge in [0.1, 0.15) is 5.57 Å². The molecule has 0 N–H and O–H groups in total. The molecule has 2 heteroatoms. The molecule has 1 aliphatic rings. The highest BCUT2D eigenvalue weighted by Gasteiger charge is 2.35. The minimum Gasteiger partial charge on any atom is -0.493 e. The van der Waals surface area contributed by atoms with Gasteiger partial charge in [-0.25, -0.2) is 4.70 Å².